The first-order chi connectivity index (χ1) is 11.5. The quantitative estimate of drug-likeness (QED) is 0.484. The summed E-state index contributed by atoms with van der Waals surface area (Å²) < 4.78 is 4.76. The van der Waals surface area contributed by atoms with Gasteiger partial charge in [0.2, 0.25) is 5.91 Å². The van der Waals surface area contributed by atoms with Gasteiger partial charge in [-0.15, -0.1) is 0 Å². The molecule has 2 rings (SSSR count). The lowest BCUT2D eigenvalue weighted by atomic mass is 10.0. The van der Waals surface area contributed by atoms with Gasteiger partial charge in [0.1, 0.15) is 11.7 Å². The number of carbonyl (C=O) groups excluding carboxylic acids is 2. The van der Waals surface area contributed by atoms with E-state index >= 15 is 0 Å². The summed E-state index contributed by atoms with van der Waals surface area (Å²) in [7, 11) is 1.32. The molecule has 0 aromatic heterocycles. The Morgan fingerprint density at radius 3 is 2.83 bits per heavy atom. The van der Waals surface area contributed by atoms with Gasteiger partial charge in [-0.2, -0.15) is 0 Å². The van der Waals surface area contributed by atoms with Gasteiger partial charge in [0.15, 0.2) is 0 Å². The van der Waals surface area contributed by atoms with Gasteiger partial charge in [0.25, 0.3) is 5.69 Å². The standard InChI is InChI=1S/C16H21N3O5/c1-24-16(21)14-8-4-5-11-18(14)15(20)9-10-17-12-6-2-3-7-13(12)19(22)23/h2-3,6-7,14,17H,4-5,8-11H2,1H3. The monoisotopic (exact) mass is 335 g/mol. The van der Waals surface area contributed by atoms with Gasteiger partial charge in [-0.05, 0) is 25.3 Å². The Hall–Kier alpha value is -2.64. The van der Waals surface area contributed by atoms with E-state index in [0.717, 1.165) is 12.8 Å². The Kier molecular flexibility index (Phi) is 6.11. The number of methoxy groups -OCH3 is 1. The number of amides is 1. The zero-order chi connectivity index (χ0) is 17.5. The maximum Gasteiger partial charge on any atom is 0.328 e. The van der Waals surface area contributed by atoms with Crippen LogP contribution < -0.4 is 5.32 Å². The topological polar surface area (TPSA) is 102 Å². The Morgan fingerprint density at radius 2 is 2.12 bits per heavy atom. The molecule has 1 atom stereocenters. The first-order valence-electron chi connectivity index (χ1n) is 7.89. The van der Waals surface area contributed by atoms with Crippen molar-refractivity contribution in [1.29, 1.82) is 0 Å². The number of nitrogens with zero attached hydrogens (tertiary/aromatic N) is 2. The number of nitro benzene ring substituents is 1. The molecule has 1 aromatic rings. The van der Waals surface area contributed by atoms with Crippen molar-refractivity contribution in [3.05, 3.63) is 34.4 Å². The first-order valence-corrected chi connectivity index (χ1v) is 7.89. The highest BCUT2D eigenvalue weighted by Gasteiger charge is 2.32. The first kappa shape index (κ1) is 17.7. The molecule has 1 saturated heterocycles. The molecule has 1 heterocycles. The average molecular weight is 335 g/mol. The number of benzene rings is 1. The molecule has 1 N–H and O–H groups in total. The highest BCUT2D eigenvalue weighted by atomic mass is 16.6. The van der Waals surface area contributed by atoms with Gasteiger partial charge in [-0.1, -0.05) is 12.1 Å². The van der Waals surface area contributed by atoms with E-state index in [1.807, 2.05) is 0 Å². The van der Waals surface area contributed by atoms with Crippen molar-refractivity contribution in [1.82, 2.24) is 4.90 Å². The Bertz CT molecular complexity index is 619. The number of piperidine rings is 1. The molecule has 0 aliphatic carbocycles. The van der Waals surface area contributed by atoms with Crippen LogP contribution in [0.15, 0.2) is 24.3 Å². The highest BCUT2D eigenvalue weighted by molar-refractivity contribution is 5.85. The van der Waals surface area contributed by atoms with Crippen molar-refractivity contribution in [2.45, 2.75) is 31.7 Å². The average Bonchev–Trinajstić information content (AvgIpc) is 2.61. The number of nitro groups is 1. The van der Waals surface area contributed by atoms with Crippen molar-refractivity contribution >= 4 is 23.3 Å². The lowest BCUT2D eigenvalue weighted by Gasteiger charge is -2.33. The Balaban J connectivity index is 1.93. The van der Waals surface area contributed by atoms with E-state index in [4.69, 9.17) is 4.74 Å². The van der Waals surface area contributed by atoms with Crippen LogP contribution in [0.5, 0.6) is 0 Å². The number of likely N-dealkylation sites (tertiary alicyclic amines) is 1. The zero-order valence-electron chi connectivity index (χ0n) is 13.6. The van der Waals surface area contributed by atoms with Crippen LogP contribution in [0, 0.1) is 10.1 Å². The van der Waals surface area contributed by atoms with Crippen molar-refractivity contribution < 1.29 is 19.2 Å². The fourth-order valence-electron chi connectivity index (χ4n) is 2.84. The van der Waals surface area contributed by atoms with Crippen LogP contribution in [-0.2, 0) is 14.3 Å². The third-order valence-corrected chi connectivity index (χ3v) is 4.05. The van der Waals surface area contributed by atoms with Crippen molar-refractivity contribution in [3.8, 4) is 0 Å². The molecule has 1 amide bonds. The number of anilines is 1. The molecule has 1 aliphatic heterocycles. The van der Waals surface area contributed by atoms with Crippen LogP contribution in [0.2, 0.25) is 0 Å². The number of rotatable bonds is 6. The summed E-state index contributed by atoms with van der Waals surface area (Å²) in [5.41, 5.74) is 0.342. The van der Waals surface area contributed by atoms with Crippen LogP contribution >= 0.6 is 0 Å². The third kappa shape index (κ3) is 4.21. The maximum absolute atomic E-state index is 12.4. The minimum Gasteiger partial charge on any atom is -0.467 e. The fourth-order valence-corrected chi connectivity index (χ4v) is 2.84. The minimum atomic E-state index is -0.526. The van der Waals surface area contributed by atoms with Crippen LogP contribution in [0.3, 0.4) is 0 Å². The highest BCUT2D eigenvalue weighted by Crippen LogP contribution is 2.23. The predicted octanol–water partition coefficient (Wildman–Crippen LogP) is 1.95. The van der Waals surface area contributed by atoms with E-state index in [0.29, 0.717) is 18.7 Å². The molecule has 0 bridgehead atoms. The molecule has 24 heavy (non-hydrogen) atoms. The second-order valence-corrected chi connectivity index (χ2v) is 5.57. The lowest BCUT2D eigenvalue weighted by Crippen LogP contribution is -2.48. The molecule has 1 unspecified atom stereocenters. The van der Waals surface area contributed by atoms with E-state index in [9.17, 15) is 19.7 Å². The molecule has 1 fully saturated rings. The van der Waals surface area contributed by atoms with Gasteiger partial charge in [0, 0.05) is 25.6 Å². The van der Waals surface area contributed by atoms with Gasteiger partial charge in [-0.25, -0.2) is 4.79 Å². The van der Waals surface area contributed by atoms with Crippen molar-refractivity contribution in [2.75, 3.05) is 25.5 Å². The minimum absolute atomic E-state index is 0.0321. The molecule has 1 aliphatic rings. The number of hydrogen-bond acceptors (Lipinski definition) is 6. The molecule has 0 radical (unpaired) electrons. The summed E-state index contributed by atoms with van der Waals surface area (Å²) in [6, 6.07) is 5.75. The molecule has 130 valence electrons. The number of nitrogens with one attached hydrogen (secondary N) is 1. The fraction of sp³-hybridized carbons (Fsp3) is 0.500. The van der Waals surface area contributed by atoms with Gasteiger partial charge in [-0.3, -0.25) is 14.9 Å². The number of ether oxygens (including phenoxy) is 1. The smallest absolute Gasteiger partial charge is 0.328 e. The molecule has 0 spiro atoms. The van der Waals surface area contributed by atoms with Crippen molar-refractivity contribution in [2.24, 2.45) is 0 Å². The molecular weight excluding hydrogens is 314 g/mol. The summed E-state index contributed by atoms with van der Waals surface area (Å²) in [4.78, 5) is 36.2. The van der Waals surface area contributed by atoms with E-state index in [-0.39, 0.29) is 24.6 Å². The Labute approximate surface area is 139 Å². The van der Waals surface area contributed by atoms with E-state index in [2.05, 4.69) is 5.32 Å². The SMILES string of the molecule is COC(=O)C1CCCCN1C(=O)CCNc1ccccc1[N+](=O)[O-]. The summed E-state index contributed by atoms with van der Waals surface area (Å²) in [6.45, 7) is 0.790. The normalized spacial score (nSPS) is 17.2. The molecule has 8 heteroatoms. The van der Waals surface area contributed by atoms with Crippen LogP contribution in [0.1, 0.15) is 25.7 Å². The number of hydrogen-bond donors (Lipinski definition) is 1. The Morgan fingerprint density at radius 1 is 1.38 bits per heavy atom. The molecule has 0 saturated carbocycles. The second kappa shape index (κ2) is 8.28. The third-order valence-electron chi connectivity index (χ3n) is 4.05. The van der Waals surface area contributed by atoms with Gasteiger partial charge in [0.05, 0.1) is 12.0 Å². The molecular formula is C16H21N3O5. The number of esters is 1. The lowest BCUT2D eigenvalue weighted by molar-refractivity contribution is -0.384. The zero-order valence-corrected chi connectivity index (χ0v) is 13.6. The molecule has 8 nitrogen and oxygen atoms in total. The summed E-state index contributed by atoms with van der Waals surface area (Å²) in [5.74, 6) is -0.550. The number of para-hydroxylation sites is 2. The predicted molar refractivity (Wildman–Crippen MR) is 87.6 cm³/mol. The van der Waals surface area contributed by atoms with Gasteiger partial charge >= 0.3 is 5.97 Å². The van der Waals surface area contributed by atoms with Crippen LogP contribution in [0.25, 0.3) is 0 Å². The summed E-state index contributed by atoms with van der Waals surface area (Å²) in [5, 5.41) is 13.9. The van der Waals surface area contributed by atoms with Gasteiger partial charge < -0.3 is 15.0 Å². The largest absolute Gasteiger partial charge is 0.467 e. The second-order valence-electron chi connectivity index (χ2n) is 5.57. The van der Waals surface area contributed by atoms with E-state index in [1.54, 1.807) is 23.1 Å². The van der Waals surface area contributed by atoms with Crippen LogP contribution in [-0.4, -0.2) is 47.9 Å². The van der Waals surface area contributed by atoms with Crippen molar-refractivity contribution in [3.63, 3.8) is 0 Å². The maximum atomic E-state index is 12.4. The van der Waals surface area contributed by atoms with Crippen LogP contribution in [0.4, 0.5) is 11.4 Å². The number of carbonyl (C=O) groups is 2. The molecule has 1 aromatic carbocycles. The summed E-state index contributed by atoms with van der Waals surface area (Å²) >= 11 is 0. The van der Waals surface area contributed by atoms with E-state index < -0.39 is 16.9 Å². The summed E-state index contributed by atoms with van der Waals surface area (Å²) in [6.07, 6.45) is 2.50. The van der Waals surface area contributed by atoms with E-state index in [1.165, 1.54) is 13.2 Å².